The van der Waals surface area contributed by atoms with Gasteiger partial charge in [-0.25, -0.2) is 9.97 Å². The summed E-state index contributed by atoms with van der Waals surface area (Å²) >= 11 is 0. The Bertz CT molecular complexity index is 970. The van der Waals surface area contributed by atoms with Crippen LogP contribution in [-0.4, -0.2) is 41.6 Å². The van der Waals surface area contributed by atoms with Gasteiger partial charge in [-0.3, -0.25) is 4.79 Å². The summed E-state index contributed by atoms with van der Waals surface area (Å²) in [5.41, 5.74) is 2.13. The number of hydrogen-bond acceptors (Lipinski definition) is 6. The molecular formula is C20H26N6O2. The Morgan fingerprint density at radius 2 is 2.00 bits per heavy atom. The fourth-order valence-electron chi connectivity index (χ4n) is 3.78. The Kier molecular flexibility index (Phi) is 5.11. The number of imidazole rings is 1. The van der Waals surface area contributed by atoms with E-state index in [1.54, 1.807) is 11.1 Å². The van der Waals surface area contributed by atoms with E-state index >= 15 is 0 Å². The molecule has 8 nitrogen and oxygen atoms in total. The quantitative estimate of drug-likeness (QED) is 0.648. The number of rotatable bonds is 6. The summed E-state index contributed by atoms with van der Waals surface area (Å²) in [7, 11) is 0. The van der Waals surface area contributed by atoms with Crippen LogP contribution in [0.1, 0.15) is 74.6 Å². The zero-order chi connectivity index (χ0) is 19.7. The van der Waals surface area contributed by atoms with Crippen LogP contribution < -0.4 is 0 Å². The molecule has 4 rings (SSSR count). The average Bonchev–Trinajstić information content (AvgIpc) is 3.44. The lowest BCUT2D eigenvalue weighted by Crippen LogP contribution is -2.36. The summed E-state index contributed by atoms with van der Waals surface area (Å²) in [5.74, 6) is 0.904. The highest BCUT2D eigenvalue weighted by Gasteiger charge is 2.24. The van der Waals surface area contributed by atoms with E-state index in [1.165, 1.54) is 25.7 Å². The fraction of sp³-hybridized carbons (Fsp3) is 0.550. The molecule has 148 valence electrons. The topological polar surface area (TPSA) is 89.9 Å². The van der Waals surface area contributed by atoms with E-state index in [0.717, 1.165) is 11.2 Å². The lowest BCUT2D eigenvalue weighted by atomic mass is 10.2. The number of aryl methyl sites for hydroxylation is 1. The van der Waals surface area contributed by atoms with E-state index in [2.05, 4.69) is 24.7 Å². The van der Waals surface area contributed by atoms with Crippen LogP contribution in [0.4, 0.5) is 0 Å². The maximum absolute atomic E-state index is 13.1. The van der Waals surface area contributed by atoms with E-state index in [0.29, 0.717) is 29.8 Å². The van der Waals surface area contributed by atoms with Gasteiger partial charge in [0.2, 0.25) is 11.8 Å². The second-order valence-corrected chi connectivity index (χ2v) is 7.63. The van der Waals surface area contributed by atoms with Gasteiger partial charge >= 0.3 is 0 Å². The summed E-state index contributed by atoms with van der Waals surface area (Å²) in [5, 5.41) is 8.02. The molecule has 8 heteroatoms. The van der Waals surface area contributed by atoms with Crippen LogP contribution >= 0.6 is 0 Å². The van der Waals surface area contributed by atoms with Crippen molar-refractivity contribution < 1.29 is 9.21 Å². The molecule has 0 spiro atoms. The molecule has 0 radical (unpaired) electrons. The third kappa shape index (κ3) is 3.50. The Morgan fingerprint density at radius 3 is 2.68 bits per heavy atom. The average molecular weight is 382 g/mol. The van der Waals surface area contributed by atoms with Crippen LogP contribution in [0.25, 0.3) is 11.2 Å². The number of carbonyl (C=O) groups is 1. The first kappa shape index (κ1) is 18.6. The van der Waals surface area contributed by atoms with Gasteiger partial charge in [0.25, 0.3) is 5.91 Å². The van der Waals surface area contributed by atoms with Crippen molar-refractivity contribution in [2.75, 3.05) is 0 Å². The van der Waals surface area contributed by atoms with Gasteiger partial charge in [-0.2, -0.15) is 0 Å². The first-order chi connectivity index (χ1) is 13.6. The first-order valence-electron chi connectivity index (χ1n) is 10.0. The van der Waals surface area contributed by atoms with E-state index in [-0.39, 0.29) is 18.5 Å². The summed E-state index contributed by atoms with van der Waals surface area (Å²) < 4.78 is 7.74. The second kappa shape index (κ2) is 7.69. The number of nitrogens with zero attached hydrogens (tertiary/aromatic N) is 6. The van der Waals surface area contributed by atoms with E-state index in [1.807, 2.05) is 33.2 Å². The minimum Gasteiger partial charge on any atom is -0.423 e. The lowest BCUT2D eigenvalue weighted by Gasteiger charge is -2.25. The molecule has 3 heterocycles. The van der Waals surface area contributed by atoms with Crippen molar-refractivity contribution in [3.05, 3.63) is 35.9 Å². The van der Waals surface area contributed by atoms with Crippen molar-refractivity contribution in [2.24, 2.45) is 0 Å². The Balaban J connectivity index is 1.58. The zero-order valence-corrected chi connectivity index (χ0v) is 16.6. The van der Waals surface area contributed by atoms with Gasteiger partial charge in [0.1, 0.15) is 5.52 Å². The highest BCUT2D eigenvalue weighted by atomic mass is 16.4. The van der Waals surface area contributed by atoms with Gasteiger partial charge in [-0.1, -0.05) is 19.8 Å². The SMILES string of the molecule is CCc1nnc(CN(C(=O)c2cnc3c(c2)ncn3C2CCCC2)C(C)C)o1. The predicted molar refractivity (Wildman–Crippen MR) is 104 cm³/mol. The van der Waals surface area contributed by atoms with Crippen LogP contribution in [0.2, 0.25) is 0 Å². The predicted octanol–water partition coefficient (Wildman–Crippen LogP) is 3.54. The van der Waals surface area contributed by atoms with E-state index < -0.39 is 0 Å². The minimum absolute atomic E-state index is 0.0174. The molecule has 28 heavy (non-hydrogen) atoms. The number of hydrogen-bond donors (Lipinski definition) is 0. The van der Waals surface area contributed by atoms with Crippen LogP contribution in [-0.2, 0) is 13.0 Å². The van der Waals surface area contributed by atoms with Crippen molar-refractivity contribution in [1.29, 1.82) is 0 Å². The minimum atomic E-state index is -0.115. The smallest absolute Gasteiger partial charge is 0.256 e. The van der Waals surface area contributed by atoms with Crippen molar-refractivity contribution in [3.8, 4) is 0 Å². The van der Waals surface area contributed by atoms with Gasteiger partial charge < -0.3 is 13.9 Å². The number of aromatic nitrogens is 5. The molecule has 1 aliphatic carbocycles. The van der Waals surface area contributed by atoms with E-state index in [9.17, 15) is 4.79 Å². The maximum atomic E-state index is 13.1. The molecule has 0 atom stereocenters. The molecule has 1 fully saturated rings. The van der Waals surface area contributed by atoms with Crippen molar-refractivity contribution in [3.63, 3.8) is 0 Å². The Labute approximate surface area is 164 Å². The number of amides is 1. The molecule has 0 N–H and O–H groups in total. The summed E-state index contributed by atoms with van der Waals surface area (Å²) in [4.78, 5) is 23.9. The summed E-state index contributed by atoms with van der Waals surface area (Å²) in [6.07, 6.45) is 9.01. The number of carbonyl (C=O) groups excluding carboxylic acids is 1. The molecule has 3 aromatic rings. The molecule has 0 unspecified atom stereocenters. The van der Waals surface area contributed by atoms with Gasteiger partial charge in [0, 0.05) is 24.7 Å². The molecule has 3 aromatic heterocycles. The maximum Gasteiger partial charge on any atom is 0.256 e. The highest BCUT2D eigenvalue weighted by molar-refractivity contribution is 5.96. The van der Waals surface area contributed by atoms with Gasteiger partial charge in [0.15, 0.2) is 5.65 Å². The normalized spacial score (nSPS) is 15.0. The number of pyridine rings is 1. The number of fused-ring (bicyclic) bond motifs is 1. The van der Waals surface area contributed by atoms with Crippen LogP contribution in [0.5, 0.6) is 0 Å². The third-order valence-corrected chi connectivity index (χ3v) is 5.38. The molecule has 0 saturated heterocycles. The van der Waals surface area contributed by atoms with Gasteiger partial charge in [-0.05, 0) is 32.8 Å². The van der Waals surface area contributed by atoms with Gasteiger partial charge in [0.05, 0.1) is 18.4 Å². The Morgan fingerprint density at radius 1 is 1.25 bits per heavy atom. The first-order valence-corrected chi connectivity index (χ1v) is 10.0. The molecule has 1 amide bonds. The zero-order valence-electron chi connectivity index (χ0n) is 16.6. The van der Waals surface area contributed by atoms with E-state index in [4.69, 9.17) is 4.42 Å². The molecule has 0 bridgehead atoms. The Hall–Kier alpha value is -2.77. The third-order valence-electron chi connectivity index (χ3n) is 5.38. The summed E-state index contributed by atoms with van der Waals surface area (Å²) in [6.45, 7) is 6.16. The monoisotopic (exact) mass is 382 g/mol. The molecule has 1 saturated carbocycles. The molecule has 0 aliphatic heterocycles. The fourth-order valence-corrected chi connectivity index (χ4v) is 3.78. The second-order valence-electron chi connectivity index (χ2n) is 7.63. The molecular weight excluding hydrogens is 356 g/mol. The lowest BCUT2D eigenvalue weighted by molar-refractivity contribution is 0.0671. The van der Waals surface area contributed by atoms with Crippen LogP contribution in [0.3, 0.4) is 0 Å². The largest absolute Gasteiger partial charge is 0.423 e. The van der Waals surface area contributed by atoms with Crippen molar-refractivity contribution in [2.45, 2.75) is 71.5 Å². The summed E-state index contributed by atoms with van der Waals surface area (Å²) in [6, 6.07) is 2.28. The van der Waals surface area contributed by atoms with Crippen molar-refractivity contribution in [1.82, 2.24) is 29.6 Å². The molecule has 0 aromatic carbocycles. The van der Waals surface area contributed by atoms with Gasteiger partial charge in [-0.15, -0.1) is 10.2 Å². The standard InChI is InChI=1S/C20H26N6O2/c1-4-17-23-24-18(28-17)11-25(13(2)3)20(27)14-9-16-19(21-10-14)26(12-22-16)15-7-5-6-8-15/h9-10,12-13,15H,4-8,11H2,1-3H3. The van der Waals surface area contributed by atoms with Crippen molar-refractivity contribution >= 4 is 17.1 Å². The highest BCUT2D eigenvalue weighted by Crippen LogP contribution is 2.31. The van der Waals surface area contributed by atoms with Crippen LogP contribution in [0, 0.1) is 0 Å². The molecule has 1 aliphatic rings. The van der Waals surface area contributed by atoms with Crippen LogP contribution in [0.15, 0.2) is 23.0 Å².